The van der Waals surface area contributed by atoms with Crippen LogP contribution in [0.15, 0.2) is 48.5 Å². The topological polar surface area (TPSA) is 105 Å². The molecule has 0 bridgehead atoms. The summed E-state index contributed by atoms with van der Waals surface area (Å²) in [5.41, 5.74) is 4.27. The molecule has 0 radical (unpaired) electrons. The van der Waals surface area contributed by atoms with Gasteiger partial charge in [0.25, 0.3) is 11.8 Å². The number of alkyl halides is 2. The van der Waals surface area contributed by atoms with Gasteiger partial charge in [0.15, 0.2) is 6.10 Å². The van der Waals surface area contributed by atoms with Gasteiger partial charge in [0.1, 0.15) is 12.6 Å². The number of carbonyl (C=O) groups excluding carboxylic acids is 2. The average molecular weight is 486 g/mol. The smallest absolute Gasteiger partial charge is 0.407 e. The molecule has 2 heterocycles. The van der Waals surface area contributed by atoms with Gasteiger partial charge in [-0.05, 0) is 28.7 Å². The second-order valence-electron chi connectivity index (χ2n) is 9.04. The minimum atomic E-state index is -3.30. The summed E-state index contributed by atoms with van der Waals surface area (Å²) in [6.45, 7) is -0.807. The summed E-state index contributed by atoms with van der Waals surface area (Å²) in [7, 11) is 0. The molecule has 0 aromatic heterocycles. The van der Waals surface area contributed by atoms with Gasteiger partial charge < -0.3 is 24.8 Å². The molecule has 35 heavy (non-hydrogen) atoms. The highest BCUT2D eigenvalue weighted by Crippen LogP contribution is 2.44. The van der Waals surface area contributed by atoms with Crippen LogP contribution in [0.1, 0.15) is 29.9 Å². The van der Waals surface area contributed by atoms with Crippen molar-refractivity contribution >= 4 is 18.0 Å². The Bertz CT molecular complexity index is 1130. The van der Waals surface area contributed by atoms with Crippen LogP contribution in [0.25, 0.3) is 11.1 Å². The summed E-state index contributed by atoms with van der Waals surface area (Å²) in [6, 6.07) is 13.3. The Hall–Kier alpha value is -3.53. The van der Waals surface area contributed by atoms with Crippen molar-refractivity contribution in [1.29, 1.82) is 0 Å². The van der Waals surface area contributed by atoms with Gasteiger partial charge in [-0.25, -0.2) is 18.4 Å². The van der Waals surface area contributed by atoms with Crippen molar-refractivity contribution in [3.63, 3.8) is 0 Å². The van der Waals surface area contributed by atoms with Crippen molar-refractivity contribution in [1.82, 2.24) is 10.2 Å². The van der Waals surface area contributed by atoms with E-state index < -0.39 is 55.0 Å². The summed E-state index contributed by atoms with van der Waals surface area (Å²) < 4.78 is 38.6. The Kier molecular flexibility index (Phi) is 5.92. The van der Waals surface area contributed by atoms with Gasteiger partial charge in [-0.15, -0.1) is 0 Å². The van der Waals surface area contributed by atoms with Gasteiger partial charge in [0.2, 0.25) is 0 Å². The quantitative estimate of drug-likeness (QED) is 0.673. The first-order valence-corrected chi connectivity index (χ1v) is 11.4. The monoisotopic (exact) mass is 486 g/mol. The van der Waals surface area contributed by atoms with E-state index in [-0.39, 0.29) is 25.6 Å². The Morgan fingerprint density at radius 1 is 1.09 bits per heavy atom. The van der Waals surface area contributed by atoms with Crippen LogP contribution in [-0.4, -0.2) is 71.8 Å². The van der Waals surface area contributed by atoms with Crippen LogP contribution in [0.2, 0.25) is 0 Å². The minimum absolute atomic E-state index is 0.0749. The first kappa shape index (κ1) is 23.2. The third kappa shape index (κ3) is 4.34. The standard InChI is InChI=1S/C25H24F2N2O6/c26-25(27)11-20(23(31)32)29(13-25)22(30)21-19(9-10-34-21)28-24(33)35-12-18-16-7-3-1-5-14(16)15-6-2-4-8-17(15)18/h1-8,18-21H,9-13H2,(H,28,33)(H,31,32)/t19-,20+,21+/m0/s1. The largest absolute Gasteiger partial charge is 0.480 e. The number of hydrogen-bond donors (Lipinski definition) is 2. The number of amides is 2. The van der Waals surface area contributed by atoms with Crippen molar-refractivity contribution < 1.29 is 37.7 Å². The van der Waals surface area contributed by atoms with Crippen LogP contribution in [0.4, 0.5) is 13.6 Å². The summed E-state index contributed by atoms with van der Waals surface area (Å²) in [5.74, 6) is -5.83. The van der Waals surface area contributed by atoms with Crippen LogP contribution in [-0.2, 0) is 19.1 Å². The van der Waals surface area contributed by atoms with Gasteiger partial charge in [-0.1, -0.05) is 48.5 Å². The third-order valence-corrected chi connectivity index (χ3v) is 6.82. The maximum atomic E-state index is 13.8. The number of carboxylic acids is 1. The first-order chi connectivity index (χ1) is 16.7. The number of carboxylic acid groups (broad SMARTS) is 1. The molecule has 0 saturated carbocycles. The molecule has 10 heteroatoms. The Balaban J connectivity index is 1.24. The van der Waals surface area contributed by atoms with Crippen LogP contribution in [0, 0.1) is 0 Å². The molecule has 5 rings (SSSR count). The van der Waals surface area contributed by atoms with E-state index in [2.05, 4.69) is 5.32 Å². The zero-order valence-electron chi connectivity index (χ0n) is 18.7. The van der Waals surface area contributed by atoms with Gasteiger partial charge in [-0.3, -0.25) is 4.79 Å². The predicted octanol–water partition coefficient (Wildman–Crippen LogP) is 3.00. The van der Waals surface area contributed by atoms with E-state index in [1.165, 1.54) is 0 Å². The number of rotatable bonds is 5. The number of likely N-dealkylation sites (tertiary alicyclic amines) is 1. The zero-order valence-corrected chi connectivity index (χ0v) is 18.7. The Morgan fingerprint density at radius 3 is 2.34 bits per heavy atom. The van der Waals surface area contributed by atoms with Crippen LogP contribution < -0.4 is 5.32 Å². The zero-order chi connectivity index (χ0) is 24.7. The number of alkyl carbamates (subject to hydrolysis) is 1. The molecule has 184 valence electrons. The summed E-state index contributed by atoms with van der Waals surface area (Å²) in [5, 5.41) is 11.9. The van der Waals surface area contributed by atoms with Crippen LogP contribution in [0.5, 0.6) is 0 Å². The first-order valence-electron chi connectivity index (χ1n) is 11.4. The summed E-state index contributed by atoms with van der Waals surface area (Å²) >= 11 is 0. The number of halogens is 2. The normalized spacial score (nSPS) is 24.6. The lowest BCUT2D eigenvalue weighted by Crippen LogP contribution is -2.52. The van der Waals surface area contributed by atoms with Crippen molar-refractivity contribution in [3.8, 4) is 11.1 Å². The maximum absolute atomic E-state index is 13.8. The van der Waals surface area contributed by atoms with E-state index in [1.54, 1.807) is 0 Å². The highest BCUT2D eigenvalue weighted by Gasteiger charge is 2.53. The lowest BCUT2D eigenvalue weighted by molar-refractivity contribution is -0.153. The number of benzene rings is 2. The third-order valence-electron chi connectivity index (χ3n) is 6.82. The fraction of sp³-hybridized carbons (Fsp3) is 0.400. The summed E-state index contributed by atoms with van der Waals surface area (Å²) in [4.78, 5) is 37.5. The minimum Gasteiger partial charge on any atom is -0.480 e. The lowest BCUT2D eigenvalue weighted by Gasteiger charge is -2.27. The van der Waals surface area contributed by atoms with Crippen LogP contribution in [0.3, 0.4) is 0 Å². The van der Waals surface area contributed by atoms with Gasteiger partial charge in [0, 0.05) is 18.9 Å². The molecule has 2 N–H and O–H groups in total. The number of fused-ring (bicyclic) bond motifs is 3. The van der Waals surface area contributed by atoms with E-state index >= 15 is 0 Å². The Morgan fingerprint density at radius 2 is 1.71 bits per heavy atom. The average Bonchev–Trinajstić information content (AvgIpc) is 3.51. The molecule has 2 amide bonds. The molecular formula is C25H24F2N2O6. The van der Waals surface area contributed by atoms with Gasteiger partial charge in [-0.2, -0.15) is 0 Å². The van der Waals surface area contributed by atoms with Gasteiger partial charge >= 0.3 is 12.1 Å². The van der Waals surface area contributed by atoms with Crippen molar-refractivity contribution in [3.05, 3.63) is 59.7 Å². The van der Waals surface area contributed by atoms with Crippen molar-refractivity contribution in [2.24, 2.45) is 0 Å². The molecular weight excluding hydrogens is 462 g/mol. The van der Waals surface area contributed by atoms with Crippen molar-refractivity contribution in [2.45, 2.75) is 42.9 Å². The Labute approximate surface area is 199 Å². The molecule has 2 fully saturated rings. The highest BCUT2D eigenvalue weighted by atomic mass is 19.3. The number of nitrogens with one attached hydrogen (secondary N) is 1. The summed E-state index contributed by atoms with van der Waals surface area (Å²) in [6.07, 6.45) is -2.71. The molecule has 2 aromatic rings. The van der Waals surface area contributed by atoms with E-state index in [4.69, 9.17) is 9.47 Å². The SMILES string of the molecule is O=C(N[C@H]1CCO[C@H]1C(=O)N1CC(F)(F)C[C@@H]1C(=O)O)OCC1c2ccccc2-c2ccccc21. The molecule has 1 aliphatic carbocycles. The molecule has 8 nitrogen and oxygen atoms in total. The molecule has 0 unspecified atom stereocenters. The lowest BCUT2D eigenvalue weighted by atomic mass is 9.98. The second kappa shape index (κ2) is 8.92. The molecule has 0 spiro atoms. The number of aliphatic carboxylic acids is 1. The van der Waals surface area contributed by atoms with Crippen molar-refractivity contribution in [2.75, 3.05) is 19.8 Å². The second-order valence-corrected chi connectivity index (χ2v) is 9.04. The molecule has 2 aromatic carbocycles. The molecule has 3 atom stereocenters. The number of carbonyl (C=O) groups is 3. The predicted molar refractivity (Wildman–Crippen MR) is 119 cm³/mol. The van der Waals surface area contributed by atoms with E-state index in [0.29, 0.717) is 4.90 Å². The fourth-order valence-corrected chi connectivity index (χ4v) is 5.20. The number of nitrogens with zero attached hydrogens (tertiary/aromatic N) is 1. The highest BCUT2D eigenvalue weighted by molar-refractivity contribution is 5.88. The van der Waals surface area contributed by atoms with Crippen LogP contribution >= 0.6 is 0 Å². The molecule has 3 aliphatic rings. The van der Waals surface area contributed by atoms with E-state index in [1.807, 2.05) is 48.5 Å². The maximum Gasteiger partial charge on any atom is 0.407 e. The van der Waals surface area contributed by atoms with E-state index in [9.17, 15) is 28.3 Å². The van der Waals surface area contributed by atoms with E-state index in [0.717, 1.165) is 22.3 Å². The fourth-order valence-electron chi connectivity index (χ4n) is 5.20. The number of hydrogen-bond acceptors (Lipinski definition) is 5. The van der Waals surface area contributed by atoms with Gasteiger partial charge in [0.05, 0.1) is 12.6 Å². The molecule has 2 saturated heterocycles. The molecule has 2 aliphatic heterocycles. The number of ether oxygens (including phenoxy) is 2.